The number of nitrogens with one attached hydrogen (secondary N) is 1. The van der Waals surface area contributed by atoms with Gasteiger partial charge in [0.2, 0.25) is 5.88 Å². The molecule has 3 aromatic rings. The summed E-state index contributed by atoms with van der Waals surface area (Å²) in [6.07, 6.45) is 3.07. The topological polar surface area (TPSA) is 80.7 Å². The molecule has 2 N–H and O–H groups in total. The van der Waals surface area contributed by atoms with Crippen molar-refractivity contribution < 1.29 is 19.4 Å². The number of fused-ring (bicyclic) bond motifs is 1. The number of ether oxygens (including phenoxy) is 2. The van der Waals surface area contributed by atoms with Crippen LogP contribution in [0.25, 0.3) is 0 Å². The monoisotopic (exact) mass is 390 g/mol. The molecule has 0 fully saturated rings. The van der Waals surface area contributed by atoms with E-state index in [1.807, 2.05) is 36.4 Å². The van der Waals surface area contributed by atoms with Gasteiger partial charge in [0.25, 0.3) is 5.91 Å². The highest BCUT2D eigenvalue weighted by molar-refractivity contribution is 5.77. The molecule has 1 aliphatic rings. The van der Waals surface area contributed by atoms with E-state index in [4.69, 9.17) is 9.47 Å². The van der Waals surface area contributed by atoms with E-state index in [2.05, 4.69) is 10.3 Å². The van der Waals surface area contributed by atoms with E-state index >= 15 is 0 Å². The predicted molar refractivity (Wildman–Crippen MR) is 108 cm³/mol. The average Bonchev–Trinajstić information content (AvgIpc) is 3.10. The van der Waals surface area contributed by atoms with Crippen molar-refractivity contribution in [3.63, 3.8) is 0 Å². The third kappa shape index (κ3) is 4.55. The Morgan fingerprint density at radius 1 is 1.03 bits per heavy atom. The van der Waals surface area contributed by atoms with Crippen LogP contribution in [0.5, 0.6) is 17.4 Å². The highest BCUT2D eigenvalue weighted by Crippen LogP contribution is 2.36. The van der Waals surface area contributed by atoms with Gasteiger partial charge in [-0.1, -0.05) is 30.3 Å². The molecular weight excluding hydrogens is 368 g/mol. The fraction of sp³-hybridized carbons (Fsp3) is 0.217. The third-order valence-corrected chi connectivity index (χ3v) is 4.96. The minimum Gasteiger partial charge on any atom is -0.484 e. The van der Waals surface area contributed by atoms with E-state index in [-0.39, 0.29) is 19.1 Å². The number of nitrogens with zero attached hydrogens (tertiary/aromatic N) is 1. The number of rotatable bonds is 7. The summed E-state index contributed by atoms with van der Waals surface area (Å²) in [6, 6.07) is 20.2. The summed E-state index contributed by atoms with van der Waals surface area (Å²) in [7, 11) is 0. The molecule has 0 bridgehead atoms. The quantitative estimate of drug-likeness (QED) is 0.648. The Hall–Kier alpha value is -3.38. The summed E-state index contributed by atoms with van der Waals surface area (Å²) >= 11 is 0. The lowest BCUT2D eigenvalue weighted by Crippen LogP contribution is -2.41. The van der Waals surface area contributed by atoms with E-state index in [9.17, 15) is 9.90 Å². The maximum absolute atomic E-state index is 12.2. The minimum atomic E-state index is -1.02. The maximum atomic E-state index is 12.2. The molecule has 1 aliphatic carbocycles. The van der Waals surface area contributed by atoms with Crippen molar-refractivity contribution in [3.8, 4) is 17.4 Å². The van der Waals surface area contributed by atoms with Crippen LogP contribution in [0.2, 0.25) is 0 Å². The summed E-state index contributed by atoms with van der Waals surface area (Å²) in [6.45, 7) is 0.0429. The molecule has 6 heteroatoms. The Balaban J connectivity index is 1.26. The highest BCUT2D eigenvalue weighted by atomic mass is 16.5. The van der Waals surface area contributed by atoms with Crippen LogP contribution in [-0.4, -0.2) is 29.1 Å². The van der Waals surface area contributed by atoms with Crippen LogP contribution in [-0.2, 0) is 16.8 Å². The molecule has 148 valence electrons. The van der Waals surface area contributed by atoms with Crippen LogP contribution in [0.1, 0.15) is 17.5 Å². The van der Waals surface area contributed by atoms with Crippen LogP contribution >= 0.6 is 0 Å². The maximum Gasteiger partial charge on any atom is 0.258 e. The van der Waals surface area contributed by atoms with Crippen molar-refractivity contribution in [1.29, 1.82) is 0 Å². The Bertz CT molecular complexity index is 976. The first-order valence-corrected chi connectivity index (χ1v) is 9.52. The highest BCUT2D eigenvalue weighted by Gasteiger charge is 2.36. The third-order valence-electron chi connectivity index (χ3n) is 4.96. The van der Waals surface area contributed by atoms with Crippen LogP contribution in [0, 0.1) is 0 Å². The number of benzene rings is 2. The molecular formula is C23H22N2O4. The lowest BCUT2D eigenvalue weighted by molar-refractivity contribution is -0.124. The Kier molecular flexibility index (Phi) is 5.44. The summed E-state index contributed by atoms with van der Waals surface area (Å²) in [4.78, 5) is 16.3. The fourth-order valence-corrected chi connectivity index (χ4v) is 3.43. The number of pyridine rings is 1. The van der Waals surface area contributed by atoms with E-state index in [0.717, 1.165) is 17.5 Å². The van der Waals surface area contributed by atoms with Gasteiger partial charge in [-0.15, -0.1) is 0 Å². The van der Waals surface area contributed by atoms with Crippen LogP contribution in [0.4, 0.5) is 0 Å². The number of aryl methyl sites for hydroxylation is 1. The van der Waals surface area contributed by atoms with E-state index < -0.39 is 5.60 Å². The van der Waals surface area contributed by atoms with E-state index in [1.54, 1.807) is 36.5 Å². The molecule has 1 amide bonds. The number of carbonyl (C=O) groups excluding carboxylic acids is 1. The van der Waals surface area contributed by atoms with Gasteiger partial charge < -0.3 is 19.9 Å². The second-order valence-corrected chi connectivity index (χ2v) is 7.00. The number of amides is 1. The minimum absolute atomic E-state index is 0.127. The summed E-state index contributed by atoms with van der Waals surface area (Å²) in [5.74, 6) is 1.41. The van der Waals surface area contributed by atoms with Gasteiger partial charge in [0.1, 0.15) is 17.1 Å². The van der Waals surface area contributed by atoms with Gasteiger partial charge in [-0.05, 0) is 54.3 Å². The van der Waals surface area contributed by atoms with Crippen molar-refractivity contribution in [1.82, 2.24) is 10.3 Å². The number of hydrogen-bond donors (Lipinski definition) is 2. The largest absolute Gasteiger partial charge is 0.484 e. The second kappa shape index (κ2) is 8.32. The molecule has 2 aromatic carbocycles. The molecule has 6 nitrogen and oxygen atoms in total. The van der Waals surface area contributed by atoms with Crippen molar-refractivity contribution in [2.75, 3.05) is 13.2 Å². The molecule has 0 spiro atoms. The van der Waals surface area contributed by atoms with Gasteiger partial charge in [0.15, 0.2) is 6.61 Å². The number of aliphatic hydroxyl groups is 1. The predicted octanol–water partition coefficient (Wildman–Crippen LogP) is 3.20. The SMILES string of the molecule is O=C(COc1ccc(Oc2ccccn2)cc1)NCC1(O)CCc2ccccc21. The standard InChI is InChI=1S/C23H22N2O4/c26-21(25-16-23(27)13-12-17-5-1-2-6-20(17)23)15-28-18-8-10-19(11-9-18)29-22-7-3-4-14-24-22/h1-11,14,27H,12-13,15-16H2,(H,25,26). The van der Waals surface area contributed by atoms with Gasteiger partial charge in [0.05, 0.1) is 6.54 Å². The zero-order valence-corrected chi connectivity index (χ0v) is 15.9. The molecule has 1 unspecified atom stereocenters. The van der Waals surface area contributed by atoms with E-state index in [1.165, 1.54) is 0 Å². The molecule has 1 heterocycles. The zero-order valence-electron chi connectivity index (χ0n) is 15.9. The van der Waals surface area contributed by atoms with Crippen molar-refractivity contribution in [2.24, 2.45) is 0 Å². The fourth-order valence-electron chi connectivity index (χ4n) is 3.43. The Morgan fingerprint density at radius 2 is 1.79 bits per heavy atom. The number of carbonyl (C=O) groups is 1. The molecule has 0 aliphatic heterocycles. The molecule has 1 atom stereocenters. The number of aromatic nitrogens is 1. The smallest absolute Gasteiger partial charge is 0.258 e. The first-order chi connectivity index (χ1) is 14.1. The second-order valence-electron chi connectivity index (χ2n) is 7.00. The van der Waals surface area contributed by atoms with Crippen LogP contribution in [0.15, 0.2) is 72.9 Å². The molecule has 4 rings (SSSR count). The molecule has 0 saturated carbocycles. The van der Waals surface area contributed by atoms with Crippen LogP contribution < -0.4 is 14.8 Å². The summed E-state index contributed by atoms with van der Waals surface area (Å²) < 4.78 is 11.1. The molecule has 0 saturated heterocycles. The lowest BCUT2D eigenvalue weighted by Gasteiger charge is -2.24. The van der Waals surface area contributed by atoms with Gasteiger partial charge in [-0.25, -0.2) is 4.98 Å². The first-order valence-electron chi connectivity index (χ1n) is 9.52. The van der Waals surface area contributed by atoms with E-state index in [0.29, 0.717) is 23.8 Å². The zero-order chi connectivity index (χ0) is 20.1. The Labute approximate surface area is 169 Å². The van der Waals surface area contributed by atoms with Gasteiger partial charge in [-0.3, -0.25) is 4.79 Å². The molecule has 29 heavy (non-hydrogen) atoms. The first kappa shape index (κ1) is 19.0. The average molecular weight is 390 g/mol. The van der Waals surface area contributed by atoms with Crippen LogP contribution in [0.3, 0.4) is 0 Å². The molecule has 1 aromatic heterocycles. The Morgan fingerprint density at radius 3 is 2.59 bits per heavy atom. The van der Waals surface area contributed by atoms with Crippen molar-refractivity contribution >= 4 is 5.91 Å². The van der Waals surface area contributed by atoms with Gasteiger partial charge >= 0.3 is 0 Å². The van der Waals surface area contributed by atoms with Gasteiger partial charge in [-0.2, -0.15) is 0 Å². The van der Waals surface area contributed by atoms with Crippen molar-refractivity contribution in [2.45, 2.75) is 18.4 Å². The van der Waals surface area contributed by atoms with Crippen molar-refractivity contribution in [3.05, 3.63) is 84.1 Å². The number of hydrogen-bond acceptors (Lipinski definition) is 5. The lowest BCUT2D eigenvalue weighted by atomic mass is 9.96. The van der Waals surface area contributed by atoms with Gasteiger partial charge in [0, 0.05) is 12.3 Å². The normalized spacial score (nSPS) is 17.4. The summed E-state index contributed by atoms with van der Waals surface area (Å²) in [5, 5.41) is 13.6. The summed E-state index contributed by atoms with van der Waals surface area (Å²) in [5.41, 5.74) is 1.01. The molecule has 0 radical (unpaired) electrons.